The molecule has 0 aromatic heterocycles. The molecule has 0 atom stereocenters. The minimum absolute atomic E-state index is 0.400. The maximum absolute atomic E-state index is 11.3. The lowest BCUT2D eigenvalue weighted by Crippen LogP contribution is -2.38. The topological polar surface area (TPSA) is 58.2 Å². The van der Waals surface area contributed by atoms with E-state index in [1.807, 2.05) is 0 Å². The molecule has 1 rings (SSSR count). The number of halogens is 1. The predicted octanol–water partition coefficient (Wildman–Crippen LogP) is 1.62. The number of thiol groups is 1. The van der Waals surface area contributed by atoms with Gasteiger partial charge in [0.2, 0.25) is 0 Å². The summed E-state index contributed by atoms with van der Waals surface area (Å²) in [4.78, 5) is 21.6. The van der Waals surface area contributed by atoms with Crippen LogP contribution in [0.2, 0.25) is 5.02 Å². The number of benzene rings is 1. The summed E-state index contributed by atoms with van der Waals surface area (Å²) in [6.45, 7) is 0. The highest BCUT2D eigenvalue weighted by Crippen LogP contribution is 2.08. The summed E-state index contributed by atoms with van der Waals surface area (Å²) in [5.41, 5.74) is 4.61. The smallest absolute Gasteiger partial charge is 0.267 e. The van der Waals surface area contributed by atoms with Gasteiger partial charge in [0, 0.05) is 10.6 Å². The quantitative estimate of drug-likeness (QED) is 0.507. The van der Waals surface area contributed by atoms with Crippen molar-refractivity contribution in [1.82, 2.24) is 10.9 Å². The first-order chi connectivity index (χ1) is 6.59. The van der Waals surface area contributed by atoms with Crippen molar-refractivity contribution in [2.75, 3.05) is 0 Å². The first-order valence-electron chi connectivity index (χ1n) is 3.64. The van der Waals surface area contributed by atoms with E-state index in [9.17, 15) is 9.59 Å². The molecule has 0 spiro atoms. The number of rotatable bonds is 1. The fourth-order valence-corrected chi connectivity index (χ4v) is 0.966. The van der Waals surface area contributed by atoms with Crippen molar-refractivity contribution < 1.29 is 9.59 Å². The van der Waals surface area contributed by atoms with Gasteiger partial charge >= 0.3 is 0 Å². The normalized spacial score (nSPS) is 9.29. The summed E-state index contributed by atoms with van der Waals surface area (Å²) < 4.78 is 0. The van der Waals surface area contributed by atoms with Crippen LogP contribution in [0.25, 0.3) is 0 Å². The van der Waals surface area contributed by atoms with Crippen LogP contribution in [0.5, 0.6) is 0 Å². The lowest BCUT2D eigenvalue weighted by atomic mass is 10.2. The van der Waals surface area contributed by atoms with Crippen LogP contribution in [0, 0.1) is 0 Å². The summed E-state index contributed by atoms with van der Waals surface area (Å²) in [6.07, 6.45) is 0. The standard InChI is InChI=1S/C8H7ClN2O2S/c9-6-3-1-5(2-4-6)7(12)10-11-8(13)14/h1-4H,(H,10,12)(H2,11,13,14). The van der Waals surface area contributed by atoms with E-state index in [2.05, 4.69) is 23.5 Å². The molecule has 14 heavy (non-hydrogen) atoms. The molecule has 0 radical (unpaired) electrons. The van der Waals surface area contributed by atoms with Gasteiger partial charge in [0.1, 0.15) is 0 Å². The average Bonchev–Trinajstić information content (AvgIpc) is 2.15. The van der Waals surface area contributed by atoms with E-state index in [4.69, 9.17) is 11.6 Å². The van der Waals surface area contributed by atoms with Crippen molar-refractivity contribution in [3.05, 3.63) is 34.9 Å². The number of amides is 2. The Hall–Kier alpha value is -1.20. The first-order valence-corrected chi connectivity index (χ1v) is 4.47. The summed E-state index contributed by atoms with van der Waals surface area (Å²) in [5.74, 6) is -0.427. The van der Waals surface area contributed by atoms with Crippen molar-refractivity contribution >= 4 is 35.4 Å². The zero-order chi connectivity index (χ0) is 10.6. The highest BCUT2D eigenvalue weighted by molar-refractivity contribution is 7.96. The van der Waals surface area contributed by atoms with Crippen LogP contribution in [0.1, 0.15) is 10.4 Å². The highest BCUT2D eigenvalue weighted by Gasteiger charge is 2.04. The minimum Gasteiger partial charge on any atom is -0.267 e. The van der Waals surface area contributed by atoms with Gasteiger partial charge in [-0.1, -0.05) is 24.2 Å². The first kappa shape index (κ1) is 10.9. The third kappa shape index (κ3) is 3.27. The van der Waals surface area contributed by atoms with Crippen molar-refractivity contribution in [2.24, 2.45) is 0 Å². The average molecular weight is 231 g/mol. The number of hydrogen-bond acceptors (Lipinski definition) is 2. The van der Waals surface area contributed by atoms with Gasteiger partial charge in [-0.25, -0.2) is 0 Å². The fourth-order valence-electron chi connectivity index (χ4n) is 0.784. The Bertz CT molecular complexity index is 353. The predicted molar refractivity (Wildman–Crippen MR) is 56.4 cm³/mol. The summed E-state index contributed by atoms with van der Waals surface area (Å²) in [7, 11) is 0. The molecule has 0 heterocycles. The van der Waals surface area contributed by atoms with E-state index >= 15 is 0 Å². The van der Waals surface area contributed by atoms with E-state index in [-0.39, 0.29) is 0 Å². The van der Waals surface area contributed by atoms with Crippen LogP contribution < -0.4 is 10.9 Å². The summed E-state index contributed by atoms with van der Waals surface area (Å²) in [6, 6.07) is 6.25. The second-order valence-electron chi connectivity index (χ2n) is 2.39. The van der Waals surface area contributed by atoms with E-state index < -0.39 is 11.1 Å². The van der Waals surface area contributed by atoms with Gasteiger partial charge < -0.3 is 0 Å². The Morgan fingerprint density at radius 1 is 1.14 bits per heavy atom. The lowest BCUT2D eigenvalue weighted by Gasteiger charge is -2.03. The summed E-state index contributed by atoms with van der Waals surface area (Å²) in [5, 5.41) is -0.0907. The molecule has 4 nitrogen and oxygen atoms in total. The van der Waals surface area contributed by atoms with Crippen molar-refractivity contribution in [3.63, 3.8) is 0 Å². The second kappa shape index (κ2) is 4.88. The van der Waals surface area contributed by atoms with Crippen molar-refractivity contribution in [2.45, 2.75) is 0 Å². The molecule has 0 saturated carbocycles. The van der Waals surface area contributed by atoms with E-state index in [1.54, 1.807) is 24.3 Å². The van der Waals surface area contributed by atoms with Gasteiger partial charge in [-0.3, -0.25) is 20.4 Å². The van der Waals surface area contributed by atoms with Crippen molar-refractivity contribution in [1.29, 1.82) is 0 Å². The van der Waals surface area contributed by atoms with Crippen LogP contribution in [-0.2, 0) is 0 Å². The molecule has 6 heteroatoms. The SMILES string of the molecule is O=C(S)NNC(=O)c1ccc(Cl)cc1. The van der Waals surface area contributed by atoms with E-state index in [0.29, 0.717) is 10.6 Å². The molecule has 0 aliphatic carbocycles. The Morgan fingerprint density at radius 2 is 1.71 bits per heavy atom. The molecule has 0 bridgehead atoms. The van der Waals surface area contributed by atoms with Crippen LogP contribution in [0.15, 0.2) is 24.3 Å². The van der Waals surface area contributed by atoms with Gasteiger partial charge in [-0.05, 0) is 24.3 Å². The largest absolute Gasteiger partial charge is 0.294 e. The molecule has 0 unspecified atom stereocenters. The Kier molecular flexibility index (Phi) is 3.79. The maximum atomic E-state index is 11.3. The summed E-state index contributed by atoms with van der Waals surface area (Å²) >= 11 is 9.05. The number of carbonyl (C=O) groups is 2. The van der Waals surface area contributed by atoms with Crippen LogP contribution in [0.4, 0.5) is 4.79 Å². The maximum Gasteiger partial charge on any atom is 0.294 e. The van der Waals surface area contributed by atoms with Crippen LogP contribution in [0.3, 0.4) is 0 Å². The number of nitrogens with one attached hydrogen (secondary N) is 2. The number of carbonyl (C=O) groups excluding carboxylic acids is 2. The molecule has 1 aromatic carbocycles. The Labute approximate surface area is 91.0 Å². The minimum atomic E-state index is -0.632. The van der Waals surface area contributed by atoms with Gasteiger partial charge in [0.25, 0.3) is 11.1 Å². The molecular weight excluding hydrogens is 224 g/mol. The molecule has 0 saturated heterocycles. The van der Waals surface area contributed by atoms with E-state index in [0.717, 1.165) is 0 Å². The Balaban J connectivity index is 2.61. The van der Waals surface area contributed by atoms with Gasteiger partial charge in [0.15, 0.2) is 0 Å². The van der Waals surface area contributed by atoms with Crippen LogP contribution in [-0.4, -0.2) is 11.1 Å². The third-order valence-electron chi connectivity index (χ3n) is 1.39. The molecule has 2 amide bonds. The zero-order valence-corrected chi connectivity index (χ0v) is 8.60. The second-order valence-corrected chi connectivity index (χ2v) is 3.23. The van der Waals surface area contributed by atoms with Gasteiger partial charge in [0.05, 0.1) is 0 Å². The van der Waals surface area contributed by atoms with E-state index in [1.165, 1.54) is 0 Å². The Morgan fingerprint density at radius 3 is 2.21 bits per heavy atom. The fraction of sp³-hybridized carbons (Fsp3) is 0. The molecule has 1 aromatic rings. The van der Waals surface area contributed by atoms with Crippen molar-refractivity contribution in [3.8, 4) is 0 Å². The molecule has 0 fully saturated rings. The third-order valence-corrected chi connectivity index (χ3v) is 1.75. The zero-order valence-electron chi connectivity index (χ0n) is 6.95. The molecule has 0 aliphatic rings. The highest BCUT2D eigenvalue weighted by atomic mass is 35.5. The number of hydrogen-bond donors (Lipinski definition) is 3. The molecule has 0 aliphatic heterocycles. The monoisotopic (exact) mass is 230 g/mol. The van der Waals surface area contributed by atoms with Gasteiger partial charge in [-0.15, -0.1) is 0 Å². The molecular formula is C8H7ClN2O2S. The molecule has 74 valence electrons. The van der Waals surface area contributed by atoms with Crippen LogP contribution >= 0.6 is 24.2 Å². The number of hydrazine groups is 1. The van der Waals surface area contributed by atoms with Gasteiger partial charge in [-0.2, -0.15) is 0 Å². The molecule has 2 N–H and O–H groups in total. The lowest BCUT2D eigenvalue weighted by molar-refractivity contribution is 0.0939.